The van der Waals surface area contributed by atoms with Crippen molar-refractivity contribution in [2.75, 3.05) is 13.1 Å². The lowest BCUT2D eigenvalue weighted by molar-refractivity contribution is -0.123. The molecule has 3 unspecified atom stereocenters. The molecule has 1 amide bonds. The van der Waals surface area contributed by atoms with Crippen LogP contribution in [-0.4, -0.2) is 25.0 Å². The Labute approximate surface area is 119 Å². The number of benzene rings is 1. The fourth-order valence-corrected chi connectivity index (χ4v) is 2.66. The maximum absolute atomic E-state index is 12.3. The summed E-state index contributed by atoms with van der Waals surface area (Å²) in [6.45, 7) is 6.03. The van der Waals surface area contributed by atoms with Gasteiger partial charge in [-0.2, -0.15) is 0 Å². The molecule has 1 fully saturated rings. The molecule has 0 aromatic heterocycles. The molecule has 0 bridgehead atoms. The Kier molecular flexibility index (Phi) is 4.83. The molecule has 1 heterocycles. The van der Waals surface area contributed by atoms with E-state index in [4.69, 9.17) is 11.6 Å². The van der Waals surface area contributed by atoms with Gasteiger partial charge in [0.25, 0.3) is 0 Å². The van der Waals surface area contributed by atoms with E-state index in [2.05, 4.69) is 17.6 Å². The largest absolute Gasteiger partial charge is 0.352 e. The number of hydrogen-bond donors (Lipinski definition) is 2. The van der Waals surface area contributed by atoms with E-state index < -0.39 is 0 Å². The fraction of sp³-hybridized carbons (Fsp3) is 0.533. The first-order chi connectivity index (χ1) is 9.08. The van der Waals surface area contributed by atoms with Crippen molar-refractivity contribution in [3.8, 4) is 0 Å². The van der Waals surface area contributed by atoms with E-state index in [0.717, 1.165) is 25.1 Å². The van der Waals surface area contributed by atoms with E-state index in [9.17, 15) is 4.79 Å². The minimum Gasteiger partial charge on any atom is -0.352 e. The molecule has 1 aromatic carbocycles. The van der Waals surface area contributed by atoms with E-state index in [-0.39, 0.29) is 17.9 Å². The van der Waals surface area contributed by atoms with Crippen LogP contribution in [0.3, 0.4) is 0 Å². The minimum atomic E-state index is -0.166. The predicted octanol–water partition coefficient (Wildman–Crippen LogP) is 2.56. The summed E-state index contributed by atoms with van der Waals surface area (Å²) >= 11 is 5.97. The zero-order chi connectivity index (χ0) is 13.8. The molecular weight excluding hydrogens is 260 g/mol. The lowest BCUT2D eigenvalue weighted by Gasteiger charge is -2.31. The molecule has 1 saturated heterocycles. The van der Waals surface area contributed by atoms with Crippen LogP contribution in [0.2, 0.25) is 5.02 Å². The SMILES string of the molecule is CC(C(=O)NC1CCNCC1C)c1cccc(Cl)c1. The highest BCUT2D eigenvalue weighted by Gasteiger charge is 2.25. The first-order valence-electron chi connectivity index (χ1n) is 6.84. The van der Waals surface area contributed by atoms with Crippen LogP contribution in [0.1, 0.15) is 31.7 Å². The van der Waals surface area contributed by atoms with Crippen molar-refractivity contribution in [3.63, 3.8) is 0 Å². The van der Waals surface area contributed by atoms with Gasteiger partial charge >= 0.3 is 0 Å². The normalized spacial score (nSPS) is 24.8. The summed E-state index contributed by atoms with van der Waals surface area (Å²) in [5, 5.41) is 7.18. The molecule has 1 aliphatic heterocycles. The van der Waals surface area contributed by atoms with Crippen LogP contribution in [0.15, 0.2) is 24.3 Å². The third-order valence-corrected chi connectivity index (χ3v) is 4.09. The number of carbonyl (C=O) groups excluding carboxylic acids is 1. The molecule has 2 N–H and O–H groups in total. The van der Waals surface area contributed by atoms with E-state index in [1.54, 1.807) is 0 Å². The van der Waals surface area contributed by atoms with Crippen LogP contribution < -0.4 is 10.6 Å². The van der Waals surface area contributed by atoms with E-state index in [0.29, 0.717) is 10.9 Å². The molecule has 3 atom stereocenters. The summed E-state index contributed by atoms with van der Waals surface area (Å²) in [5.74, 6) is 0.395. The smallest absolute Gasteiger partial charge is 0.227 e. The number of amides is 1. The Morgan fingerprint density at radius 2 is 2.32 bits per heavy atom. The number of piperidine rings is 1. The van der Waals surface area contributed by atoms with Gasteiger partial charge in [0.2, 0.25) is 5.91 Å². The van der Waals surface area contributed by atoms with Crippen molar-refractivity contribution in [2.45, 2.75) is 32.2 Å². The Balaban J connectivity index is 1.99. The standard InChI is InChI=1S/C15H21ClN2O/c1-10-9-17-7-6-14(10)18-15(19)11(2)12-4-3-5-13(16)8-12/h3-5,8,10-11,14,17H,6-7,9H2,1-2H3,(H,18,19). The molecule has 0 saturated carbocycles. The van der Waals surface area contributed by atoms with Crippen LogP contribution in [0.5, 0.6) is 0 Å². The van der Waals surface area contributed by atoms with Gasteiger partial charge in [-0.15, -0.1) is 0 Å². The number of carbonyl (C=O) groups is 1. The minimum absolute atomic E-state index is 0.0843. The lowest BCUT2D eigenvalue weighted by Crippen LogP contribution is -2.49. The summed E-state index contributed by atoms with van der Waals surface area (Å²) in [7, 11) is 0. The first kappa shape index (κ1) is 14.4. The molecule has 1 aliphatic rings. The van der Waals surface area contributed by atoms with E-state index in [1.807, 2.05) is 31.2 Å². The molecular formula is C15H21ClN2O. The molecule has 4 heteroatoms. The first-order valence-corrected chi connectivity index (χ1v) is 7.22. The highest BCUT2D eigenvalue weighted by molar-refractivity contribution is 6.30. The van der Waals surface area contributed by atoms with Crippen molar-refractivity contribution in [3.05, 3.63) is 34.9 Å². The van der Waals surface area contributed by atoms with Gasteiger partial charge < -0.3 is 10.6 Å². The highest BCUT2D eigenvalue weighted by atomic mass is 35.5. The summed E-state index contributed by atoms with van der Waals surface area (Å²) in [6.07, 6.45) is 0.995. The maximum atomic E-state index is 12.3. The van der Waals surface area contributed by atoms with Crippen LogP contribution in [0, 0.1) is 5.92 Å². The molecule has 0 spiro atoms. The number of hydrogen-bond acceptors (Lipinski definition) is 2. The van der Waals surface area contributed by atoms with Gasteiger partial charge in [0.05, 0.1) is 5.92 Å². The Morgan fingerprint density at radius 1 is 1.53 bits per heavy atom. The van der Waals surface area contributed by atoms with Gasteiger partial charge in [-0.25, -0.2) is 0 Å². The second kappa shape index (κ2) is 6.40. The molecule has 104 valence electrons. The summed E-state index contributed by atoms with van der Waals surface area (Å²) in [6, 6.07) is 7.79. The quantitative estimate of drug-likeness (QED) is 0.893. The molecule has 0 radical (unpaired) electrons. The van der Waals surface area contributed by atoms with Gasteiger partial charge in [0, 0.05) is 11.1 Å². The second-order valence-electron chi connectivity index (χ2n) is 5.36. The summed E-state index contributed by atoms with van der Waals surface area (Å²) in [4.78, 5) is 12.3. The second-order valence-corrected chi connectivity index (χ2v) is 5.80. The number of rotatable bonds is 3. The Hall–Kier alpha value is -1.06. The van der Waals surface area contributed by atoms with Crippen LogP contribution >= 0.6 is 11.6 Å². The third kappa shape index (κ3) is 3.71. The maximum Gasteiger partial charge on any atom is 0.227 e. The Morgan fingerprint density at radius 3 is 3.00 bits per heavy atom. The van der Waals surface area contributed by atoms with Gasteiger partial charge in [-0.3, -0.25) is 4.79 Å². The number of halogens is 1. The van der Waals surface area contributed by atoms with Crippen molar-refractivity contribution in [1.29, 1.82) is 0 Å². The van der Waals surface area contributed by atoms with Gasteiger partial charge in [-0.1, -0.05) is 30.7 Å². The summed E-state index contributed by atoms with van der Waals surface area (Å²) < 4.78 is 0. The van der Waals surface area contributed by atoms with Crippen molar-refractivity contribution < 1.29 is 4.79 Å². The topological polar surface area (TPSA) is 41.1 Å². The lowest BCUT2D eigenvalue weighted by atomic mass is 9.93. The highest BCUT2D eigenvalue weighted by Crippen LogP contribution is 2.20. The Bertz CT molecular complexity index is 450. The van der Waals surface area contributed by atoms with Crippen molar-refractivity contribution >= 4 is 17.5 Å². The number of nitrogens with one attached hydrogen (secondary N) is 2. The van der Waals surface area contributed by atoms with Crippen LogP contribution in [0.25, 0.3) is 0 Å². The molecule has 2 rings (SSSR count). The molecule has 1 aromatic rings. The molecule has 3 nitrogen and oxygen atoms in total. The molecule has 0 aliphatic carbocycles. The average Bonchev–Trinajstić information content (AvgIpc) is 2.40. The van der Waals surface area contributed by atoms with E-state index >= 15 is 0 Å². The molecule has 19 heavy (non-hydrogen) atoms. The van der Waals surface area contributed by atoms with Crippen molar-refractivity contribution in [2.24, 2.45) is 5.92 Å². The van der Waals surface area contributed by atoms with Crippen LogP contribution in [0.4, 0.5) is 0 Å². The van der Waals surface area contributed by atoms with Gasteiger partial charge in [0.1, 0.15) is 0 Å². The third-order valence-electron chi connectivity index (χ3n) is 3.85. The predicted molar refractivity (Wildman–Crippen MR) is 78.4 cm³/mol. The zero-order valence-electron chi connectivity index (χ0n) is 11.4. The van der Waals surface area contributed by atoms with Gasteiger partial charge in [-0.05, 0) is 50.0 Å². The van der Waals surface area contributed by atoms with Crippen molar-refractivity contribution in [1.82, 2.24) is 10.6 Å². The fourth-order valence-electron chi connectivity index (χ4n) is 2.46. The van der Waals surface area contributed by atoms with E-state index in [1.165, 1.54) is 0 Å². The monoisotopic (exact) mass is 280 g/mol. The summed E-state index contributed by atoms with van der Waals surface area (Å²) in [5.41, 5.74) is 0.964. The zero-order valence-corrected chi connectivity index (χ0v) is 12.2. The van der Waals surface area contributed by atoms with Crippen LogP contribution in [-0.2, 0) is 4.79 Å². The van der Waals surface area contributed by atoms with Gasteiger partial charge in [0.15, 0.2) is 0 Å². The average molecular weight is 281 g/mol.